The van der Waals surface area contributed by atoms with Crippen molar-refractivity contribution < 1.29 is 15.1 Å². The smallest absolute Gasteiger partial charge is 0.236 e. The lowest BCUT2D eigenvalue weighted by atomic mass is 10.0. The average Bonchev–Trinajstić information content (AvgIpc) is 3.22. The summed E-state index contributed by atoms with van der Waals surface area (Å²) >= 11 is 0. The first-order valence-corrected chi connectivity index (χ1v) is 6.74. The van der Waals surface area contributed by atoms with E-state index in [1.807, 2.05) is 4.90 Å². The van der Waals surface area contributed by atoms with Crippen LogP contribution in [0.4, 0.5) is 0 Å². The van der Waals surface area contributed by atoms with E-state index < -0.39 is 5.41 Å². The highest BCUT2D eigenvalue weighted by Crippen LogP contribution is 2.47. The van der Waals surface area contributed by atoms with Crippen LogP contribution in [0.2, 0.25) is 0 Å². The van der Waals surface area contributed by atoms with Crippen LogP contribution in [0, 0.1) is 5.41 Å². The maximum atomic E-state index is 12.5. The van der Waals surface area contributed by atoms with Gasteiger partial charge in [-0.1, -0.05) is 5.16 Å². The van der Waals surface area contributed by atoms with Crippen LogP contribution in [-0.4, -0.2) is 71.2 Å². The van der Waals surface area contributed by atoms with Crippen LogP contribution in [0.3, 0.4) is 0 Å². The lowest BCUT2D eigenvalue weighted by Gasteiger charge is -2.25. The fraction of sp³-hybridized carbons (Fsp3) is 0.833. The SMILES string of the molecule is NC(=NO)C1(C(=O)N2CCCN(CCO)CC2)CC1. The molecule has 0 aromatic carbocycles. The van der Waals surface area contributed by atoms with Gasteiger partial charge in [0, 0.05) is 26.2 Å². The van der Waals surface area contributed by atoms with E-state index in [-0.39, 0.29) is 18.3 Å². The van der Waals surface area contributed by atoms with E-state index in [2.05, 4.69) is 10.1 Å². The summed E-state index contributed by atoms with van der Waals surface area (Å²) in [5.74, 6) is 0.0163. The molecule has 0 aromatic heterocycles. The summed E-state index contributed by atoms with van der Waals surface area (Å²) in [6.45, 7) is 3.77. The molecule has 1 heterocycles. The average molecular weight is 270 g/mol. The topological polar surface area (TPSA) is 102 Å². The van der Waals surface area contributed by atoms with Crippen LogP contribution in [0.1, 0.15) is 19.3 Å². The molecule has 7 heteroatoms. The van der Waals surface area contributed by atoms with Gasteiger partial charge in [0.2, 0.25) is 5.91 Å². The number of β-amino-alcohol motifs (C(OH)–C–C–N with tert-alkyl or cyclic N) is 1. The van der Waals surface area contributed by atoms with E-state index in [0.717, 1.165) is 19.5 Å². The Hall–Kier alpha value is -1.34. The maximum absolute atomic E-state index is 12.5. The van der Waals surface area contributed by atoms with Gasteiger partial charge in [-0.3, -0.25) is 9.69 Å². The molecule has 7 nitrogen and oxygen atoms in total. The van der Waals surface area contributed by atoms with E-state index >= 15 is 0 Å². The Labute approximate surface area is 112 Å². The van der Waals surface area contributed by atoms with Gasteiger partial charge in [0.05, 0.1) is 6.61 Å². The van der Waals surface area contributed by atoms with Crippen LogP contribution >= 0.6 is 0 Å². The molecule has 19 heavy (non-hydrogen) atoms. The number of oxime groups is 1. The van der Waals surface area contributed by atoms with Gasteiger partial charge >= 0.3 is 0 Å². The summed E-state index contributed by atoms with van der Waals surface area (Å²) < 4.78 is 0. The molecule has 0 radical (unpaired) electrons. The zero-order valence-corrected chi connectivity index (χ0v) is 11.1. The largest absolute Gasteiger partial charge is 0.409 e. The van der Waals surface area contributed by atoms with Gasteiger partial charge in [-0.15, -0.1) is 0 Å². The molecule has 0 spiro atoms. The molecule has 4 N–H and O–H groups in total. The van der Waals surface area contributed by atoms with Gasteiger partial charge in [0.25, 0.3) is 0 Å². The van der Waals surface area contributed by atoms with Gasteiger partial charge in [-0.05, 0) is 25.8 Å². The van der Waals surface area contributed by atoms with Gasteiger partial charge in [0.1, 0.15) is 5.41 Å². The quantitative estimate of drug-likeness (QED) is 0.264. The number of carbonyl (C=O) groups is 1. The molecule has 0 unspecified atom stereocenters. The second kappa shape index (κ2) is 5.75. The Morgan fingerprint density at radius 2 is 2.00 bits per heavy atom. The maximum Gasteiger partial charge on any atom is 0.236 e. The molecule has 1 aliphatic carbocycles. The van der Waals surface area contributed by atoms with Crippen molar-refractivity contribution in [3.8, 4) is 0 Å². The number of rotatable bonds is 4. The molecule has 108 valence electrons. The first-order valence-electron chi connectivity index (χ1n) is 6.74. The molecule has 1 saturated carbocycles. The molecule has 0 aromatic rings. The Balaban J connectivity index is 1.97. The normalized spacial score (nSPS) is 24.1. The summed E-state index contributed by atoms with van der Waals surface area (Å²) in [6, 6.07) is 0. The third-order valence-electron chi connectivity index (χ3n) is 4.05. The van der Waals surface area contributed by atoms with E-state index in [9.17, 15) is 4.79 Å². The zero-order valence-electron chi connectivity index (χ0n) is 11.1. The van der Waals surface area contributed by atoms with Crippen molar-refractivity contribution >= 4 is 11.7 Å². The van der Waals surface area contributed by atoms with Crippen molar-refractivity contribution in [3.63, 3.8) is 0 Å². The molecule has 0 bridgehead atoms. The number of nitrogens with zero attached hydrogens (tertiary/aromatic N) is 3. The van der Waals surface area contributed by atoms with Gasteiger partial charge < -0.3 is 20.9 Å². The third-order valence-corrected chi connectivity index (χ3v) is 4.05. The number of nitrogens with two attached hydrogens (primary N) is 1. The summed E-state index contributed by atoms with van der Waals surface area (Å²) in [5.41, 5.74) is 4.89. The Morgan fingerprint density at radius 1 is 1.26 bits per heavy atom. The highest BCUT2D eigenvalue weighted by molar-refractivity contribution is 6.09. The van der Waals surface area contributed by atoms with Crippen LogP contribution in [0.5, 0.6) is 0 Å². The van der Waals surface area contributed by atoms with Crippen molar-refractivity contribution in [3.05, 3.63) is 0 Å². The number of aliphatic hydroxyl groups excluding tert-OH is 1. The van der Waals surface area contributed by atoms with Crippen molar-refractivity contribution in [2.45, 2.75) is 19.3 Å². The fourth-order valence-corrected chi connectivity index (χ4v) is 2.64. The Morgan fingerprint density at radius 3 is 2.58 bits per heavy atom. The molecule has 2 aliphatic rings. The second-order valence-corrected chi connectivity index (χ2v) is 5.28. The first kappa shape index (κ1) is 14.1. The predicted molar refractivity (Wildman–Crippen MR) is 69.8 cm³/mol. The summed E-state index contributed by atoms with van der Waals surface area (Å²) in [4.78, 5) is 16.4. The summed E-state index contributed by atoms with van der Waals surface area (Å²) in [5, 5.41) is 20.7. The number of hydrogen-bond acceptors (Lipinski definition) is 5. The summed E-state index contributed by atoms with van der Waals surface area (Å²) in [6.07, 6.45) is 2.22. The van der Waals surface area contributed by atoms with Crippen LogP contribution in [0.15, 0.2) is 5.16 Å². The molecule has 1 saturated heterocycles. The third kappa shape index (κ3) is 2.82. The minimum absolute atomic E-state index is 0.0198. The predicted octanol–water partition coefficient (Wildman–Crippen LogP) is -0.960. The van der Waals surface area contributed by atoms with Gasteiger partial charge in [-0.2, -0.15) is 0 Å². The molecular formula is C12H22N4O3. The summed E-state index contributed by atoms with van der Waals surface area (Å²) in [7, 11) is 0. The van der Waals surface area contributed by atoms with Crippen LogP contribution in [-0.2, 0) is 4.79 Å². The van der Waals surface area contributed by atoms with E-state index in [4.69, 9.17) is 16.0 Å². The highest BCUT2D eigenvalue weighted by Gasteiger charge is 2.55. The van der Waals surface area contributed by atoms with Crippen LogP contribution < -0.4 is 5.73 Å². The zero-order chi connectivity index (χ0) is 13.9. The lowest BCUT2D eigenvalue weighted by Crippen LogP contribution is -2.45. The molecule has 2 rings (SSSR count). The number of hydrogen-bond donors (Lipinski definition) is 3. The van der Waals surface area contributed by atoms with Crippen molar-refractivity contribution in [1.82, 2.24) is 9.80 Å². The second-order valence-electron chi connectivity index (χ2n) is 5.28. The van der Waals surface area contributed by atoms with Crippen molar-refractivity contribution in [1.29, 1.82) is 0 Å². The highest BCUT2D eigenvalue weighted by atomic mass is 16.4. The monoisotopic (exact) mass is 270 g/mol. The van der Waals surface area contributed by atoms with Gasteiger partial charge in [0.15, 0.2) is 5.84 Å². The number of amidine groups is 1. The molecular weight excluding hydrogens is 248 g/mol. The van der Waals surface area contributed by atoms with E-state index in [0.29, 0.717) is 32.5 Å². The van der Waals surface area contributed by atoms with Crippen LogP contribution in [0.25, 0.3) is 0 Å². The number of aliphatic hydroxyl groups is 1. The molecule has 1 amide bonds. The minimum atomic E-state index is -0.749. The lowest BCUT2D eigenvalue weighted by molar-refractivity contribution is -0.134. The first-order chi connectivity index (χ1) is 9.14. The van der Waals surface area contributed by atoms with E-state index in [1.165, 1.54) is 0 Å². The van der Waals surface area contributed by atoms with Crippen molar-refractivity contribution in [2.24, 2.45) is 16.3 Å². The number of amides is 1. The minimum Gasteiger partial charge on any atom is -0.409 e. The molecule has 1 aliphatic heterocycles. The van der Waals surface area contributed by atoms with Gasteiger partial charge in [-0.25, -0.2) is 0 Å². The fourth-order valence-electron chi connectivity index (χ4n) is 2.64. The molecule has 0 atom stereocenters. The molecule has 2 fully saturated rings. The number of carbonyl (C=O) groups excluding carboxylic acids is 1. The van der Waals surface area contributed by atoms with Crippen molar-refractivity contribution in [2.75, 3.05) is 39.3 Å². The van der Waals surface area contributed by atoms with E-state index in [1.54, 1.807) is 0 Å². The standard InChI is InChI=1S/C12H22N4O3/c13-10(14-19)12(2-3-12)11(18)16-5-1-4-15(6-7-16)8-9-17/h17,19H,1-9H2,(H2,13,14). The Bertz CT molecular complexity index is 368. The Kier molecular flexibility index (Phi) is 4.26.